The number of ether oxygens (including phenoxy) is 2. The van der Waals surface area contributed by atoms with Crippen LogP contribution in [-0.4, -0.2) is 60.0 Å². The fraction of sp³-hybridized carbons (Fsp3) is 0.333. The second-order valence-electron chi connectivity index (χ2n) is 6.75. The van der Waals surface area contributed by atoms with Crippen LogP contribution in [0.3, 0.4) is 0 Å². The lowest BCUT2D eigenvalue weighted by atomic mass is 10.1. The zero-order valence-corrected chi connectivity index (χ0v) is 17.4. The molecule has 0 saturated heterocycles. The second-order valence-corrected chi connectivity index (χ2v) is 7.61. The van der Waals surface area contributed by atoms with Crippen molar-refractivity contribution in [1.29, 1.82) is 0 Å². The Kier molecular flexibility index (Phi) is 7.16. The van der Waals surface area contributed by atoms with E-state index in [0.29, 0.717) is 35.7 Å². The summed E-state index contributed by atoms with van der Waals surface area (Å²) in [5.41, 5.74) is 1.58. The van der Waals surface area contributed by atoms with E-state index in [2.05, 4.69) is 16.5 Å². The zero-order valence-electron chi connectivity index (χ0n) is 16.6. The lowest BCUT2D eigenvalue weighted by Gasteiger charge is -2.19. The van der Waals surface area contributed by atoms with Crippen molar-refractivity contribution in [3.63, 3.8) is 0 Å². The first-order valence-electron chi connectivity index (χ1n) is 9.22. The molecule has 29 heavy (non-hydrogen) atoms. The minimum absolute atomic E-state index is 0.174. The predicted molar refractivity (Wildman–Crippen MR) is 116 cm³/mol. The molecule has 7 nitrogen and oxygen atoms in total. The van der Waals surface area contributed by atoms with Gasteiger partial charge < -0.3 is 19.6 Å². The third kappa shape index (κ3) is 5.30. The average molecular weight is 416 g/mol. The number of nitrogens with one attached hydrogen (secondary N) is 1. The highest BCUT2D eigenvalue weighted by molar-refractivity contribution is 7.17. The van der Waals surface area contributed by atoms with E-state index in [-0.39, 0.29) is 12.2 Å². The van der Waals surface area contributed by atoms with Crippen LogP contribution in [0.15, 0.2) is 47.1 Å². The van der Waals surface area contributed by atoms with Crippen molar-refractivity contribution in [2.75, 3.05) is 33.9 Å². The van der Waals surface area contributed by atoms with Gasteiger partial charge in [0.1, 0.15) is 16.4 Å². The van der Waals surface area contributed by atoms with Crippen LogP contribution in [0.25, 0.3) is 21.3 Å². The van der Waals surface area contributed by atoms with Gasteiger partial charge in [-0.3, -0.25) is 9.69 Å². The zero-order chi connectivity index (χ0) is 20.8. The first kappa shape index (κ1) is 21.2. The molecule has 3 aromatic rings. The van der Waals surface area contributed by atoms with E-state index in [9.17, 15) is 9.90 Å². The van der Waals surface area contributed by atoms with Gasteiger partial charge in [0.05, 0.1) is 38.4 Å². The van der Waals surface area contributed by atoms with Gasteiger partial charge in [-0.15, -0.1) is 17.9 Å². The smallest absolute Gasteiger partial charge is 0.260 e. The monoisotopic (exact) mass is 415 g/mol. The fourth-order valence-corrected chi connectivity index (χ4v) is 4.06. The molecular formula is C21H25N3O4S. The number of aromatic nitrogens is 2. The van der Waals surface area contributed by atoms with Crippen LogP contribution in [0, 0.1) is 0 Å². The molecule has 1 atom stereocenters. The van der Waals surface area contributed by atoms with Crippen LogP contribution in [0.4, 0.5) is 0 Å². The second kappa shape index (κ2) is 9.80. The van der Waals surface area contributed by atoms with E-state index in [1.807, 2.05) is 41.6 Å². The van der Waals surface area contributed by atoms with Crippen LogP contribution in [0.2, 0.25) is 0 Å². The number of likely N-dealkylation sites (N-methyl/N-ethyl adjacent to an activating group) is 1. The van der Waals surface area contributed by atoms with Gasteiger partial charge in [0.2, 0.25) is 0 Å². The van der Waals surface area contributed by atoms with Gasteiger partial charge in [-0.05, 0) is 24.7 Å². The summed E-state index contributed by atoms with van der Waals surface area (Å²) in [6, 6.07) is 7.61. The van der Waals surface area contributed by atoms with E-state index in [1.165, 1.54) is 11.3 Å². The van der Waals surface area contributed by atoms with Crippen LogP contribution >= 0.6 is 11.3 Å². The van der Waals surface area contributed by atoms with E-state index in [0.717, 1.165) is 16.9 Å². The molecule has 0 spiro atoms. The number of aliphatic hydroxyl groups excluding tert-OH is 1. The molecule has 0 amide bonds. The van der Waals surface area contributed by atoms with Gasteiger partial charge in [0, 0.05) is 17.5 Å². The minimum Gasteiger partial charge on any atom is -0.497 e. The van der Waals surface area contributed by atoms with Crippen molar-refractivity contribution in [2.45, 2.75) is 12.6 Å². The van der Waals surface area contributed by atoms with Crippen molar-refractivity contribution < 1.29 is 14.6 Å². The van der Waals surface area contributed by atoms with Crippen molar-refractivity contribution in [1.82, 2.24) is 14.9 Å². The summed E-state index contributed by atoms with van der Waals surface area (Å²) in [5.74, 6) is 1.29. The lowest BCUT2D eigenvalue weighted by Crippen LogP contribution is -2.32. The third-order valence-corrected chi connectivity index (χ3v) is 5.23. The summed E-state index contributed by atoms with van der Waals surface area (Å²) >= 11 is 1.44. The Bertz CT molecular complexity index is 1030. The molecule has 0 saturated carbocycles. The molecular weight excluding hydrogens is 390 g/mol. The number of aliphatic hydroxyl groups is 1. The van der Waals surface area contributed by atoms with Crippen molar-refractivity contribution >= 4 is 21.6 Å². The molecule has 2 aromatic heterocycles. The molecule has 0 fully saturated rings. The fourth-order valence-electron chi connectivity index (χ4n) is 3.09. The van der Waals surface area contributed by atoms with E-state index >= 15 is 0 Å². The molecule has 2 heterocycles. The normalized spacial score (nSPS) is 12.4. The highest BCUT2D eigenvalue weighted by Gasteiger charge is 2.15. The highest BCUT2D eigenvalue weighted by Crippen LogP contribution is 2.32. The summed E-state index contributed by atoms with van der Waals surface area (Å²) in [7, 11) is 3.47. The largest absolute Gasteiger partial charge is 0.497 e. The number of hydrogen-bond donors (Lipinski definition) is 2. The first-order chi connectivity index (χ1) is 14.0. The Hall–Kier alpha value is -2.52. The number of hydrogen-bond acceptors (Lipinski definition) is 7. The quantitative estimate of drug-likeness (QED) is 0.391. The lowest BCUT2D eigenvalue weighted by molar-refractivity contribution is 0.0294. The summed E-state index contributed by atoms with van der Waals surface area (Å²) in [6.45, 7) is 5.02. The van der Waals surface area contributed by atoms with Crippen LogP contribution in [0.5, 0.6) is 5.75 Å². The maximum atomic E-state index is 12.8. The van der Waals surface area contributed by atoms with Crippen molar-refractivity contribution in [3.8, 4) is 16.9 Å². The number of H-pyrrole nitrogens is 1. The molecule has 0 aliphatic heterocycles. The molecule has 3 rings (SSSR count). The third-order valence-electron chi connectivity index (χ3n) is 4.36. The Morgan fingerprint density at radius 3 is 3.03 bits per heavy atom. The summed E-state index contributed by atoms with van der Waals surface area (Å²) < 4.78 is 10.5. The Morgan fingerprint density at radius 1 is 1.45 bits per heavy atom. The Balaban J connectivity index is 1.77. The molecule has 0 bridgehead atoms. The highest BCUT2D eigenvalue weighted by atomic mass is 32.1. The maximum absolute atomic E-state index is 12.8. The van der Waals surface area contributed by atoms with E-state index in [1.54, 1.807) is 13.2 Å². The predicted octanol–water partition coefficient (Wildman–Crippen LogP) is 2.66. The Labute approximate surface area is 173 Å². The van der Waals surface area contributed by atoms with Crippen LogP contribution < -0.4 is 10.3 Å². The van der Waals surface area contributed by atoms with Gasteiger partial charge in [-0.25, -0.2) is 4.98 Å². The van der Waals surface area contributed by atoms with Crippen LogP contribution in [0.1, 0.15) is 5.82 Å². The maximum Gasteiger partial charge on any atom is 0.260 e. The van der Waals surface area contributed by atoms with E-state index in [4.69, 9.17) is 9.47 Å². The van der Waals surface area contributed by atoms with Gasteiger partial charge in [-0.1, -0.05) is 18.2 Å². The Morgan fingerprint density at radius 2 is 2.28 bits per heavy atom. The van der Waals surface area contributed by atoms with Gasteiger partial charge in [0.15, 0.2) is 0 Å². The van der Waals surface area contributed by atoms with Gasteiger partial charge in [-0.2, -0.15) is 0 Å². The molecule has 1 unspecified atom stereocenters. The molecule has 1 aromatic carbocycles. The first-order valence-corrected chi connectivity index (χ1v) is 10.1. The number of benzene rings is 1. The number of fused-ring (bicyclic) bond motifs is 1. The topological polar surface area (TPSA) is 87.7 Å². The summed E-state index contributed by atoms with van der Waals surface area (Å²) in [4.78, 5) is 22.8. The number of thiophene rings is 1. The van der Waals surface area contributed by atoms with Gasteiger partial charge >= 0.3 is 0 Å². The SMILES string of the molecule is C=CCOCC(O)CN(C)Cc1nc2scc(-c3cccc(OC)c3)c2c(=O)[nH]1. The number of methoxy groups -OCH3 is 1. The number of aromatic amines is 1. The summed E-state index contributed by atoms with van der Waals surface area (Å²) in [6.07, 6.45) is 1.01. The molecule has 2 N–H and O–H groups in total. The molecule has 0 radical (unpaired) electrons. The van der Waals surface area contributed by atoms with Crippen LogP contribution in [-0.2, 0) is 11.3 Å². The molecule has 154 valence electrons. The molecule has 0 aliphatic rings. The minimum atomic E-state index is -0.628. The molecule has 8 heteroatoms. The van der Waals surface area contributed by atoms with Crippen molar-refractivity contribution in [3.05, 3.63) is 58.5 Å². The average Bonchev–Trinajstić information content (AvgIpc) is 3.12. The summed E-state index contributed by atoms with van der Waals surface area (Å²) in [5, 5.41) is 12.5. The number of nitrogens with zero attached hydrogens (tertiary/aromatic N) is 2. The van der Waals surface area contributed by atoms with Gasteiger partial charge in [0.25, 0.3) is 5.56 Å². The van der Waals surface area contributed by atoms with E-state index < -0.39 is 6.10 Å². The standard InChI is InChI=1S/C21H25N3O4S/c1-4-8-28-12-15(25)10-24(2)11-18-22-20(26)19-17(13-29-21(19)23-18)14-6-5-7-16(9-14)27-3/h4-7,9,13,15,25H,1,8,10-12H2,2-3H3,(H,22,23,26). The molecule has 0 aliphatic carbocycles. The number of rotatable bonds is 10. The van der Waals surface area contributed by atoms with Crippen molar-refractivity contribution in [2.24, 2.45) is 0 Å².